The highest BCUT2D eigenvalue weighted by Crippen LogP contribution is 2.63. The number of rotatable bonds is 3. The molecule has 3 aliphatic rings. The monoisotopic (exact) mass is 303 g/mol. The summed E-state index contributed by atoms with van der Waals surface area (Å²) in [6.45, 7) is 2.07. The van der Waals surface area contributed by atoms with E-state index in [4.69, 9.17) is 4.74 Å². The third kappa shape index (κ3) is 1.96. The number of carboxylic acid groups (broad SMARTS) is 1. The van der Waals surface area contributed by atoms with E-state index in [2.05, 4.69) is 6.92 Å². The van der Waals surface area contributed by atoms with Crippen molar-refractivity contribution >= 4 is 5.97 Å². The Kier molecular flexibility index (Phi) is 3.00. The van der Waals surface area contributed by atoms with Crippen molar-refractivity contribution in [3.05, 3.63) is 29.6 Å². The number of fused-ring (bicyclic) bond motifs is 5. The lowest BCUT2D eigenvalue weighted by atomic mass is 9.73. The van der Waals surface area contributed by atoms with Crippen LogP contribution in [0, 0.1) is 29.5 Å². The first kappa shape index (κ1) is 14.0. The summed E-state index contributed by atoms with van der Waals surface area (Å²) in [4.78, 5) is 11.0. The lowest BCUT2D eigenvalue weighted by Crippen LogP contribution is -2.43. The van der Waals surface area contributed by atoms with Crippen molar-refractivity contribution in [2.24, 2.45) is 23.7 Å². The first-order valence-electron chi connectivity index (χ1n) is 8.18. The number of aromatic carboxylic acids is 1. The first-order chi connectivity index (χ1) is 10.5. The van der Waals surface area contributed by atoms with Crippen molar-refractivity contribution in [3.63, 3.8) is 0 Å². The van der Waals surface area contributed by atoms with Crippen LogP contribution >= 0.6 is 0 Å². The SMILES string of the molecule is CC1(Oc2cc(C(=O)[O-])ccc2F)CC2CC1C1CCCC21. The van der Waals surface area contributed by atoms with Gasteiger partial charge in [0.1, 0.15) is 5.60 Å². The molecule has 3 aliphatic carbocycles. The maximum atomic E-state index is 14.0. The van der Waals surface area contributed by atoms with Gasteiger partial charge in [0.25, 0.3) is 0 Å². The number of hydrogen-bond donors (Lipinski definition) is 0. The summed E-state index contributed by atoms with van der Waals surface area (Å²) in [7, 11) is 0. The van der Waals surface area contributed by atoms with E-state index in [1.165, 1.54) is 37.8 Å². The second kappa shape index (κ2) is 4.71. The van der Waals surface area contributed by atoms with Crippen molar-refractivity contribution < 1.29 is 19.0 Å². The molecule has 2 bridgehead atoms. The van der Waals surface area contributed by atoms with E-state index in [1.807, 2.05) is 0 Å². The van der Waals surface area contributed by atoms with E-state index in [0.717, 1.165) is 18.4 Å². The molecule has 1 aromatic carbocycles. The van der Waals surface area contributed by atoms with Crippen LogP contribution in [0.1, 0.15) is 49.4 Å². The fourth-order valence-corrected chi connectivity index (χ4v) is 5.46. The molecule has 0 aromatic heterocycles. The predicted octanol–water partition coefficient (Wildman–Crippen LogP) is 2.78. The van der Waals surface area contributed by atoms with E-state index in [0.29, 0.717) is 17.8 Å². The van der Waals surface area contributed by atoms with E-state index in [-0.39, 0.29) is 16.9 Å². The standard InChI is InChI=1S/C18H21FO3/c1-18(9-11-7-14(18)13-4-2-3-12(11)13)22-16-8-10(17(20)21)5-6-15(16)19/h5-6,8,11-14H,2-4,7,9H2,1H3,(H,20,21)/p-1. The van der Waals surface area contributed by atoms with Crippen LogP contribution in [0.5, 0.6) is 5.75 Å². The summed E-state index contributed by atoms with van der Waals surface area (Å²) in [6, 6.07) is 3.62. The molecule has 0 amide bonds. The molecule has 4 heteroatoms. The van der Waals surface area contributed by atoms with E-state index < -0.39 is 11.8 Å². The van der Waals surface area contributed by atoms with Crippen LogP contribution in [-0.4, -0.2) is 11.6 Å². The molecule has 118 valence electrons. The lowest BCUT2D eigenvalue weighted by molar-refractivity contribution is -0.255. The third-order valence-electron chi connectivity index (χ3n) is 6.27. The quantitative estimate of drug-likeness (QED) is 0.862. The van der Waals surface area contributed by atoms with Crippen LogP contribution in [0.25, 0.3) is 0 Å². The van der Waals surface area contributed by atoms with Crippen molar-refractivity contribution in [1.82, 2.24) is 0 Å². The van der Waals surface area contributed by atoms with Gasteiger partial charge in [-0.05, 0) is 68.6 Å². The van der Waals surface area contributed by atoms with Crippen molar-refractivity contribution in [2.75, 3.05) is 0 Å². The predicted molar refractivity (Wildman–Crippen MR) is 76.8 cm³/mol. The van der Waals surface area contributed by atoms with Gasteiger partial charge in [-0.25, -0.2) is 4.39 Å². The zero-order chi connectivity index (χ0) is 15.5. The molecular formula is C18H20FO3-. The van der Waals surface area contributed by atoms with Crippen molar-refractivity contribution in [3.8, 4) is 5.75 Å². The Balaban J connectivity index is 1.61. The molecule has 22 heavy (non-hydrogen) atoms. The van der Waals surface area contributed by atoms with Gasteiger partial charge in [0.2, 0.25) is 0 Å². The van der Waals surface area contributed by atoms with Gasteiger partial charge < -0.3 is 14.6 Å². The smallest absolute Gasteiger partial charge is 0.165 e. The van der Waals surface area contributed by atoms with Gasteiger partial charge in [-0.15, -0.1) is 0 Å². The second-order valence-corrected chi connectivity index (χ2v) is 7.41. The van der Waals surface area contributed by atoms with Crippen LogP contribution in [0.15, 0.2) is 18.2 Å². The highest BCUT2D eigenvalue weighted by Gasteiger charge is 2.60. The van der Waals surface area contributed by atoms with Crippen LogP contribution in [0.4, 0.5) is 4.39 Å². The van der Waals surface area contributed by atoms with Gasteiger partial charge in [0.15, 0.2) is 11.6 Å². The Morgan fingerprint density at radius 2 is 2.14 bits per heavy atom. The summed E-state index contributed by atoms with van der Waals surface area (Å²) >= 11 is 0. The molecule has 5 atom stereocenters. The van der Waals surface area contributed by atoms with E-state index >= 15 is 0 Å². The number of benzene rings is 1. The van der Waals surface area contributed by atoms with Gasteiger partial charge in [-0.1, -0.05) is 6.42 Å². The molecule has 3 fully saturated rings. The van der Waals surface area contributed by atoms with Gasteiger partial charge in [-0.2, -0.15) is 0 Å². The minimum atomic E-state index is -1.31. The molecule has 0 radical (unpaired) electrons. The molecule has 0 heterocycles. The van der Waals surface area contributed by atoms with Crippen LogP contribution in [0.2, 0.25) is 0 Å². The number of halogens is 1. The highest BCUT2D eigenvalue weighted by molar-refractivity contribution is 5.86. The van der Waals surface area contributed by atoms with Gasteiger partial charge in [0, 0.05) is 11.5 Å². The molecule has 4 rings (SSSR count). The summed E-state index contributed by atoms with van der Waals surface area (Å²) in [5, 5.41) is 11.0. The normalized spacial score (nSPS) is 39.0. The summed E-state index contributed by atoms with van der Waals surface area (Å²) < 4.78 is 20.1. The average molecular weight is 303 g/mol. The molecule has 0 N–H and O–H groups in total. The number of ether oxygens (including phenoxy) is 1. The topological polar surface area (TPSA) is 49.4 Å². The number of carbonyl (C=O) groups is 1. The second-order valence-electron chi connectivity index (χ2n) is 7.41. The van der Waals surface area contributed by atoms with Gasteiger partial charge in [0.05, 0.1) is 5.97 Å². The molecule has 1 aromatic rings. The Hall–Kier alpha value is -1.58. The van der Waals surface area contributed by atoms with E-state index in [1.54, 1.807) is 0 Å². The van der Waals surface area contributed by atoms with Crippen LogP contribution in [-0.2, 0) is 0 Å². The largest absolute Gasteiger partial charge is 0.545 e. The minimum Gasteiger partial charge on any atom is -0.545 e. The maximum absolute atomic E-state index is 14.0. The van der Waals surface area contributed by atoms with Crippen LogP contribution < -0.4 is 9.84 Å². The lowest BCUT2D eigenvalue weighted by Gasteiger charge is -2.40. The molecule has 0 spiro atoms. The Morgan fingerprint density at radius 3 is 2.91 bits per heavy atom. The molecule has 3 nitrogen and oxygen atoms in total. The molecular weight excluding hydrogens is 283 g/mol. The van der Waals surface area contributed by atoms with Gasteiger partial charge >= 0.3 is 0 Å². The zero-order valence-corrected chi connectivity index (χ0v) is 12.7. The highest BCUT2D eigenvalue weighted by atomic mass is 19.1. The Bertz CT molecular complexity index is 629. The Morgan fingerprint density at radius 1 is 1.36 bits per heavy atom. The molecule has 0 saturated heterocycles. The minimum absolute atomic E-state index is 0.0399. The molecule has 0 aliphatic heterocycles. The van der Waals surface area contributed by atoms with Crippen molar-refractivity contribution in [1.29, 1.82) is 0 Å². The number of carboxylic acids is 1. The Labute approximate surface area is 129 Å². The number of hydrogen-bond acceptors (Lipinski definition) is 3. The third-order valence-corrected chi connectivity index (χ3v) is 6.27. The fourth-order valence-electron chi connectivity index (χ4n) is 5.46. The fraction of sp³-hybridized carbons (Fsp3) is 0.611. The number of carbonyl (C=O) groups excluding carboxylic acids is 1. The zero-order valence-electron chi connectivity index (χ0n) is 12.7. The average Bonchev–Trinajstić information content (AvgIpc) is 3.12. The summed E-state index contributed by atoms with van der Waals surface area (Å²) in [6.07, 6.45) is 6.01. The molecule has 3 saturated carbocycles. The van der Waals surface area contributed by atoms with Crippen molar-refractivity contribution in [2.45, 2.75) is 44.6 Å². The first-order valence-corrected chi connectivity index (χ1v) is 8.18. The summed E-state index contributed by atoms with van der Waals surface area (Å²) in [5.41, 5.74) is -0.413. The maximum Gasteiger partial charge on any atom is 0.165 e. The molecule has 5 unspecified atom stereocenters. The van der Waals surface area contributed by atoms with Crippen LogP contribution in [0.3, 0.4) is 0 Å². The summed E-state index contributed by atoms with van der Waals surface area (Å²) in [5.74, 6) is 0.935. The van der Waals surface area contributed by atoms with E-state index in [9.17, 15) is 14.3 Å². The van der Waals surface area contributed by atoms with Gasteiger partial charge in [-0.3, -0.25) is 0 Å².